The summed E-state index contributed by atoms with van der Waals surface area (Å²) < 4.78 is 4.28. The van der Waals surface area contributed by atoms with E-state index in [-0.39, 0.29) is 10.5 Å². The van der Waals surface area contributed by atoms with E-state index in [9.17, 15) is 4.79 Å². The molecule has 0 atom stereocenters. The lowest BCUT2D eigenvalue weighted by molar-refractivity contribution is -0.135. The van der Waals surface area contributed by atoms with Crippen LogP contribution >= 0.6 is 23.2 Å². The van der Waals surface area contributed by atoms with Gasteiger partial charge >= 0.3 is 5.97 Å². The molecule has 0 heterocycles. The third kappa shape index (κ3) is 20.0. The van der Waals surface area contributed by atoms with Crippen LogP contribution in [-0.2, 0) is 9.53 Å². The summed E-state index contributed by atoms with van der Waals surface area (Å²) in [4.78, 5) is 9.75. The molecule has 1 aromatic rings. The molecule has 0 radical (unpaired) electrons. The number of rotatable bonds is 2. The highest BCUT2D eigenvalue weighted by atomic mass is 35.5. The van der Waals surface area contributed by atoms with E-state index in [1.54, 1.807) is 0 Å². The predicted octanol–water partition coefficient (Wildman–Crippen LogP) is 4.96. The van der Waals surface area contributed by atoms with Crippen molar-refractivity contribution < 1.29 is 9.53 Å². The maximum Gasteiger partial charge on any atom is 0.307 e. The first-order chi connectivity index (χ1) is 8.43. The first-order valence-corrected chi connectivity index (χ1v) is 5.65. The van der Waals surface area contributed by atoms with Crippen molar-refractivity contribution >= 4 is 35.2 Å². The number of carbonyl (C=O) groups is 1. The van der Waals surface area contributed by atoms with Crippen LogP contribution in [0, 0.1) is 0 Å². The van der Waals surface area contributed by atoms with Crippen molar-refractivity contribution in [1.82, 2.24) is 0 Å². The lowest BCUT2D eigenvalue weighted by Gasteiger charge is -1.85. The van der Waals surface area contributed by atoms with Crippen LogP contribution in [0.5, 0.6) is 0 Å². The Labute approximate surface area is 118 Å². The summed E-state index contributed by atoms with van der Waals surface area (Å²) in [5.74, 6) is -0.329. The van der Waals surface area contributed by atoms with Crippen LogP contribution in [0.15, 0.2) is 60.8 Å². The van der Waals surface area contributed by atoms with Crippen LogP contribution < -0.4 is 0 Å². The number of hydrogen-bond acceptors (Lipinski definition) is 2. The van der Waals surface area contributed by atoms with E-state index in [4.69, 9.17) is 23.2 Å². The van der Waals surface area contributed by atoms with Gasteiger partial charge in [0.05, 0.1) is 10.8 Å². The van der Waals surface area contributed by atoms with Crippen LogP contribution in [0.2, 0.25) is 0 Å². The Balaban J connectivity index is 0. The molecule has 0 saturated heterocycles. The molecule has 98 valence electrons. The molecule has 1 rings (SSSR count). The van der Waals surface area contributed by atoms with Gasteiger partial charge in [0.2, 0.25) is 0 Å². The number of carbonyl (C=O) groups excluding carboxylic acids is 1. The summed E-state index contributed by atoms with van der Waals surface area (Å²) in [5, 5.41) is 0. The molecule has 0 bridgehead atoms. The van der Waals surface area contributed by atoms with Gasteiger partial charge in [-0.15, -0.1) is 0 Å². The Morgan fingerprint density at radius 1 is 1.22 bits per heavy atom. The maximum atomic E-state index is 9.75. The van der Waals surface area contributed by atoms with E-state index in [1.807, 2.05) is 36.4 Å². The molecule has 18 heavy (non-hydrogen) atoms. The smallest absolute Gasteiger partial charge is 0.307 e. The van der Waals surface area contributed by atoms with Gasteiger partial charge in [-0.1, -0.05) is 79.3 Å². The van der Waals surface area contributed by atoms with E-state index in [0.717, 1.165) is 6.26 Å². The van der Waals surface area contributed by atoms with Gasteiger partial charge in [0.1, 0.15) is 0 Å². The summed E-state index contributed by atoms with van der Waals surface area (Å²) in [5.41, 5.74) is 1.17. The zero-order valence-electron chi connectivity index (χ0n) is 10.2. The van der Waals surface area contributed by atoms with Gasteiger partial charge < -0.3 is 4.74 Å². The van der Waals surface area contributed by atoms with E-state index in [2.05, 4.69) is 24.5 Å². The third-order valence-electron chi connectivity index (χ3n) is 1.28. The van der Waals surface area contributed by atoms with Crippen molar-refractivity contribution in [2.24, 2.45) is 0 Å². The number of ether oxygens (including phenoxy) is 1. The Morgan fingerprint density at radius 3 is 1.83 bits per heavy atom. The average molecular weight is 287 g/mol. The molecule has 4 heteroatoms. The zero-order valence-corrected chi connectivity index (χ0v) is 11.7. The number of benzene rings is 1. The van der Waals surface area contributed by atoms with E-state index in [1.165, 1.54) is 12.5 Å². The molecular formula is C14H16Cl2O2. The lowest BCUT2D eigenvalue weighted by atomic mass is 10.2. The van der Waals surface area contributed by atoms with E-state index >= 15 is 0 Å². The highest BCUT2D eigenvalue weighted by Gasteiger charge is 1.79. The zero-order chi connectivity index (χ0) is 14.4. The highest BCUT2D eigenvalue weighted by molar-refractivity contribution is 6.55. The molecule has 0 saturated carbocycles. The van der Waals surface area contributed by atoms with Gasteiger partial charge in [-0.3, -0.25) is 4.79 Å². The summed E-state index contributed by atoms with van der Waals surface area (Å²) in [6, 6.07) is 10.0. The number of hydrogen-bond donors (Lipinski definition) is 0. The molecule has 0 spiro atoms. The van der Waals surface area contributed by atoms with Gasteiger partial charge in [0.15, 0.2) is 0 Å². The van der Waals surface area contributed by atoms with Crippen LogP contribution in [0.3, 0.4) is 0 Å². The van der Waals surface area contributed by atoms with Gasteiger partial charge in [-0.25, -0.2) is 0 Å². The Hall–Kier alpha value is -1.51. The minimum Gasteiger partial charge on any atom is -0.435 e. The van der Waals surface area contributed by atoms with E-state index in [0.29, 0.717) is 0 Å². The van der Waals surface area contributed by atoms with E-state index < -0.39 is 0 Å². The van der Waals surface area contributed by atoms with Crippen LogP contribution in [0.4, 0.5) is 0 Å². The molecule has 2 nitrogen and oxygen atoms in total. The number of halogens is 2. The molecule has 0 aliphatic rings. The summed E-state index contributed by atoms with van der Waals surface area (Å²) in [6.45, 7) is 11.2. The first kappa shape index (κ1) is 18.8. The van der Waals surface area contributed by atoms with Gasteiger partial charge in [-0.2, -0.15) is 0 Å². The molecule has 0 fully saturated rings. The number of esters is 1. The second-order valence-corrected chi connectivity index (χ2v) is 3.84. The molecule has 0 aromatic heterocycles. The van der Waals surface area contributed by atoms with Gasteiger partial charge in [0, 0.05) is 6.92 Å². The fraction of sp³-hybridized carbons (Fsp3) is 0.0714. The Bertz CT molecular complexity index is 369. The highest BCUT2D eigenvalue weighted by Crippen LogP contribution is 1.98. The molecule has 1 aromatic carbocycles. The maximum absolute atomic E-state index is 9.75. The van der Waals surface area contributed by atoms with Crippen molar-refractivity contribution in [3.05, 3.63) is 66.4 Å². The molecular weight excluding hydrogens is 271 g/mol. The van der Waals surface area contributed by atoms with Crippen molar-refractivity contribution in [1.29, 1.82) is 0 Å². The normalized spacial score (nSPS) is 7.50. The minimum atomic E-state index is -0.329. The Morgan fingerprint density at radius 2 is 1.67 bits per heavy atom. The van der Waals surface area contributed by atoms with Crippen molar-refractivity contribution in [2.75, 3.05) is 0 Å². The topological polar surface area (TPSA) is 26.3 Å². The van der Waals surface area contributed by atoms with Gasteiger partial charge in [-0.05, 0) is 5.56 Å². The molecule has 0 N–H and O–H groups in total. The largest absolute Gasteiger partial charge is 0.435 e. The molecule has 0 aliphatic heterocycles. The first-order valence-electron chi connectivity index (χ1n) is 4.89. The monoisotopic (exact) mass is 286 g/mol. The van der Waals surface area contributed by atoms with Crippen LogP contribution in [0.25, 0.3) is 6.08 Å². The van der Waals surface area contributed by atoms with Crippen molar-refractivity contribution in [3.8, 4) is 0 Å². The Kier molecular flexibility index (Phi) is 14.2. The fourth-order valence-corrected chi connectivity index (χ4v) is 0.706. The molecule has 0 unspecified atom stereocenters. The van der Waals surface area contributed by atoms with Crippen molar-refractivity contribution in [2.45, 2.75) is 6.92 Å². The SMILES string of the molecule is C=C(Cl)Cl.C=COC(C)=O.C=Cc1ccccc1. The quantitative estimate of drug-likeness (QED) is 0.567. The fourth-order valence-electron chi connectivity index (χ4n) is 0.706. The minimum absolute atomic E-state index is 0.111. The summed E-state index contributed by atoms with van der Waals surface area (Å²) >= 11 is 9.69. The van der Waals surface area contributed by atoms with Gasteiger partial charge in [0.25, 0.3) is 0 Å². The summed E-state index contributed by atoms with van der Waals surface area (Å²) in [7, 11) is 0. The van der Waals surface area contributed by atoms with Crippen LogP contribution in [0.1, 0.15) is 12.5 Å². The molecule has 0 aliphatic carbocycles. The van der Waals surface area contributed by atoms with Crippen LogP contribution in [-0.4, -0.2) is 5.97 Å². The predicted molar refractivity (Wildman–Crippen MR) is 79.3 cm³/mol. The third-order valence-corrected chi connectivity index (χ3v) is 1.28. The van der Waals surface area contributed by atoms with Crippen molar-refractivity contribution in [3.63, 3.8) is 0 Å². The standard InChI is InChI=1S/C8H8.C4H6O2.C2H2Cl2/c1-2-8-6-4-3-5-7-8;1-3-6-4(2)5;1-2(3)4/h2-7H,1H2;3H,1H2,2H3;1H2. The second kappa shape index (κ2) is 13.6. The summed E-state index contributed by atoms with van der Waals surface area (Å²) in [6.07, 6.45) is 2.93. The second-order valence-electron chi connectivity index (χ2n) is 2.73. The molecule has 0 amide bonds. The lowest BCUT2D eigenvalue weighted by Crippen LogP contribution is -1.87. The average Bonchev–Trinajstić information content (AvgIpc) is 2.30.